The Hall–Kier alpha value is -2.71. The van der Waals surface area contributed by atoms with Crippen molar-refractivity contribution in [2.75, 3.05) is 52.3 Å². The number of benzene rings is 1. The smallest absolute Gasteiger partial charge is 0.259 e. The first kappa shape index (κ1) is 27.3. The van der Waals surface area contributed by atoms with Crippen LogP contribution < -0.4 is 4.90 Å². The van der Waals surface area contributed by atoms with E-state index in [1.165, 1.54) is 11.0 Å². The first-order valence-electron chi connectivity index (χ1n) is 13.0. The van der Waals surface area contributed by atoms with Crippen LogP contribution in [-0.4, -0.2) is 74.0 Å². The summed E-state index contributed by atoms with van der Waals surface area (Å²) in [5.74, 6) is 0.634. The normalized spacial score (nSPS) is 20.2. The van der Waals surface area contributed by atoms with Crippen LogP contribution in [0.1, 0.15) is 54.4 Å². The van der Waals surface area contributed by atoms with Crippen molar-refractivity contribution in [3.8, 4) is 0 Å². The second-order valence-electron chi connectivity index (χ2n) is 10.3. The zero-order valence-electron chi connectivity index (χ0n) is 21.9. The summed E-state index contributed by atoms with van der Waals surface area (Å²) in [7, 11) is 5.17. The number of pyridine rings is 1. The molecule has 4 rings (SSSR count). The van der Waals surface area contributed by atoms with E-state index in [1.807, 2.05) is 6.07 Å². The number of piperidine rings is 1. The van der Waals surface area contributed by atoms with Crippen molar-refractivity contribution in [3.05, 3.63) is 58.5 Å². The molecule has 2 saturated heterocycles. The molecule has 1 aromatic carbocycles. The number of hydrogen-bond acceptors (Lipinski definition) is 5. The summed E-state index contributed by atoms with van der Waals surface area (Å²) in [6.45, 7) is 2.81. The number of rotatable bonds is 8. The van der Waals surface area contributed by atoms with Gasteiger partial charge < -0.3 is 19.4 Å². The van der Waals surface area contributed by atoms with Crippen LogP contribution in [0.25, 0.3) is 0 Å². The second-order valence-corrected chi connectivity index (χ2v) is 10.6. The topological polar surface area (TPSA) is 66.0 Å². The predicted molar refractivity (Wildman–Crippen MR) is 142 cm³/mol. The van der Waals surface area contributed by atoms with Gasteiger partial charge in [-0.1, -0.05) is 29.8 Å². The third-order valence-corrected chi connectivity index (χ3v) is 7.83. The predicted octanol–water partition coefficient (Wildman–Crippen LogP) is 4.74. The first-order chi connectivity index (χ1) is 17.7. The van der Waals surface area contributed by atoms with Gasteiger partial charge in [-0.25, -0.2) is 9.37 Å². The molecular formula is C28H36ClFN4O3. The summed E-state index contributed by atoms with van der Waals surface area (Å²) in [6.07, 6.45) is 5.18. The Balaban J connectivity index is 1.27. The lowest BCUT2D eigenvalue weighted by Gasteiger charge is -2.34. The highest BCUT2D eigenvalue weighted by Crippen LogP contribution is 2.39. The fourth-order valence-electron chi connectivity index (χ4n) is 5.40. The molecule has 2 aliphatic heterocycles. The minimum absolute atomic E-state index is 0.162. The quantitative estimate of drug-likeness (QED) is 0.461. The van der Waals surface area contributed by atoms with Crippen LogP contribution in [0.3, 0.4) is 0 Å². The maximum atomic E-state index is 14.6. The number of aromatic nitrogens is 1. The van der Waals surface area contributed by atoms with E-state index in [2.05, 4.69) is 9.88 Å². The Kier molecular flexibility index (Phi) is 8.70. The van der Waals surface area contributed by atoms with Gasteiger partial charge in [-0.2, -0.15) is 0 Å². The maximum absolute atomic E-state index is 14.6. The van der Waals surface area contributed by atoms with Crippen molar-refractivity contribution in [1.29, 1.82) is 0 Å². The van der Waals surface area contributed by atoms with Crippen LogP contribution in [0, 0.1) is 11.7 Å². The van der Waals surface area contributed by atoms with Gasteiger partial charge in [0.05, 0.1) is 5.56 Å². The third-order valence-electron chi connectivity index (χ3n) is 7.54. The molecule has 2 fully saturated rings. The molecule has 200 valence electrons. The molecule has 2 aliphatic rings. The number of halogens is 2. The van der Waals surface area contributed by atoms with E-state index >= 15 is 0 Å². The van der Waals surface area contributed by atoms with Gasteiger partial charge in [-0.05, 0) is 62.6 Å². The van der Waals surface area contributed by atoms with E-state index in [0.717, 1.165) is 51.0 Å². The molecule has 7 nitrogen and oxygen atoms in total. The van der Waals surface area contributed by atoms with Gasteiger partial charge >= 0.3 is 0 Å². The Morgan fingerprint density at radius 3 is 2.51 bits per heavy atom. The van der Waals surface area contributed by atoms with Crippen LogP contribution in [0.4, 0.5) is 10.2 Å². The Morgan fingerprint density at radius 2 is 1.89 bits per heavy atom. The van der Waals surface area contributed by atoms with Crippen molar-refractivity contribution in [2.45, 2.75) is 44.1 Å². The lowest BCUT2D eigenvalue weighted by molar-refractivity contribution is -0.153. The summed E-state index contributed by atoms with van der Waals surface area (Å²) < 4.78 is 20.5. The summed E-state index contributed by atoms with van der Waals surface area (Å²) in [5.41, 5.74) is -0.472. The van der Waals surface area contributed by atoms with Crippen molar-refractivity contribution in [3.63, 3.8) is 0 Å². The molecule has 0 aliphatic carbocycles. The van der Waals surface area contributed by atoms with E-state index < -0.39 is 11.4 Å². The number of anilines is 1. The summed E-state index contributed by atoms with van der Waals surface area (Å²) >= 11 is 6.30. The summed E-state index contributed by atoms with van der Waals surface area (Å²) in [6, 6.07) is 10.0. The van der Waals surface area contributed by atoms with Gasteiger partial charge in [0.25, 0.3) is 11.8 Å². The molecule has 1 atom stereocenters. The fraction of sp³-hybridized carbons (Fsp3) is 0.536. The molecule has 2 amide bonds. The Morgan fingerprint density at radius 1 is 1.16 bits per heavy atom. The molecule has 3 heterocycles. The number of nitrogens with zero attached hydrogens (tertiary/aromatic N) is 4. The lowest BCUT2D eigenvalue weighted by atomic mass is 9.88. The maximum Gasteiger partial charge on any atom is 0.259 e. The lowest BCUT2D eigenvalue weighted by Crippen LogP contribution is -2.46. The summed E-state index contributed by atoms with van der Waals surface area (Å²) in [4.78, 5) is 35.5. The molecule has 0 spiro atoms. The molecule has 2 aromatic rings. The molecule has 0 saturated carbocycles. The van der Waals surface area contributed by atoms with Gasteiger partial charge in [0.15, 0.2) is 5.60 Å². The number of carbonyl (C=O) groups excluding carboxylic acids is 2. The molecule has 9 heteroatoms. The summed E-state index contributed by atoms with van der Waals surface area (Å²) in [5, 5.41) is 0.227. The van der Waals surface area contributed by atoms with E-state index in [1.54, 1.807) is 50.3 Å². The van der Waals surface area contributed by atoms with Gasteiger partial charge in [-0.15, -0.1) is 0 Å². The number of hydrogen-bond donors (Lipinski definition) is 0. The second kappa shape index (κ2) is 11.8. The molecule has 1 unspecified atom stereocenters. The standard InChI is InChI=1S/C28H36ClFN4O3/c1-32(2)26(35)21-11-12-24(31-25(21)29)34-17-13-20(14-18-34)8-6-16-33(3)27(36)28(15-7-19-37-28)22-9-4-5-10-23(22)30/h4-5,9-12,20H,6-8,13-19H2,1-3H3. The minimum atomic E-state index is -1.22. The fourth-order valence-corrected chi connectivity index (χ4v) is 5.63. The van der Waals surface area contributed by atoms with E-state index in [-0.39, 0.29) is 17.0 Å². The average molecular weight is 531 g/mol. The van der Waals surface area contributed by atoms with E-state index in [9.17, 15) is 14.0 Å². The monoisotopic (exact) mass is 530 g/mol. The Labute approximate surface area is 223 Å². The highest BCUT2D eigenvalue weighted by molar-refractivity contribution is 6.32. The van der Waals surface area contributed by atoms with Gasteiger partial charge in [0.1, 0.15) is 16.8 Å². The largest absolute Gasteiger partial charge is 0.360 e. The van der Waals surface area contributed by atoms with E-state index in [0.29, 0.717) is 36.6 Å². The highest BCUT2D eigenvalue weighted by atomic mass is 35.5. The number of ether oxygens (including phenoxy) is 1. The molecule has 0 bridgehead atoms. The molecule has 0 N–H and O–H groups in total. The number of likely N-dealkylation sites (N-methyl/N-ethyl adjacent to an activating group) is 1. The molecule has 1 aromatic heterocycles. The first-order valence-corrected chi connectivity index (χ1v) is 13.4. The Bertz CT molecular complexity index is 1110. The van der Waals surface area contributed by atoms with Crippen molar-refractivity contribution in [1.82, 2.24) is 14.8 Å². The van der Waals surface area contributed by atoms with Crippen LogP contribution >= 0.6 is 11.6 Å². The van der Waals surface area contributed by atoms with Crippen molar-refractivity contribution >= 4 is 29.2 Å². The SMILES string of the molecule is CN(C)C(=O)c1ccc(N2CCC(CCCN(C)C(=O)C3(c4ccccc4F)CCCO3)CC2)nc1Cl. The van der Waals surface area contributed by atoms with Crippen molar-refractivity contribution < 1.29 is 18.7 Å². The van der Waals surface area contributed by atoms with Gasteiger partial charge in [0, 0.05) is 52.9 Å². The van der Waals surface area contributed by atoms with E-state index in [4.69, 9.17) is 16.3 Å². The molecular weight excluding hydrogens is 495 g/mol. The third kappa shape index (κ3) is 5.91. The van der Waals surface area contributed by atoms with Crippen molar-refractivity contribution in [2.24, 2.45) is 5.92 Å². The van der Waals surface area contributed by atoms with Crippen LogP contribution in [0.5, 0.6) is 0 Å². The molecule has 0 radical (unpaired) electrons. The number of carbonyl (C=O) groups is 2. The van der Waals surface area contributed by atoms with Crippen LogP contribution in [0.2, 0.25) is 5.15 Å². The molecule has 37 heavy (non-hydrogen) atoms. The van der Waals surface area contributed by atoms with Crippen LogP contribution in [0.15, 0.2) is 36.4 Å². The van der Waals surface area contributed by atoms with Gasteiger partial charge in [0.2, 0.25) is 0 Å². The van der Waals surface area contributed by atoms with Gasteiger partial charge in [-0.3, -0.25) is 9.59 Å². The highest BCUT2D eigenvalue weighted by Gasteiger charge is 2.47. The minimum Gasteiger partial charge on any atom is -0.360 e. The zero-order valence-corrected chi connectivity index (χ0v) is 22.6. The average Bonchev–Trinajstić information content (AvgIpc) is 3.39. The number of amides is 2. The zero-order chi connectivity index (χ0) is 26.6. The van der Waals surface area contributed by atoms with Crippen LogP contribution in [-0.2, 0) is 15.1 Å².